The fourth-order valence-electron chi connectivity index (χ4n) is 4.19. The molecule has 4 atom stereocenters. The summed E-state index contributed by atoms with van der Waals surface area (Å²) in [5, 5.41) is 4.95. The number of benzene rings is 1. The molecule has 0 bridgehead atoms. The second kappa shape index (κ2) is 8.07. The number of carbonyl (C=O) groups is 2. The molecule has 1 aromatic heterocycles. The first-order valence-corrected chi connectivity index (χ1v) is 11.2. The van der Waals surface area contributed by atoms with Crippen molar-refractivity contribution in [1.29, 1.82) is 0 Å². The van der Waals surface area contributed by atoms with Crippen LogP contribution in [0.5, 0.6) is 0 Å². The predicted octanol–water partition coefficient (Wildman–Crippen LogP) is 4.76. The van der Waals surface area contributed by atoms with Crippen molar-refractivity contribution in [3.63, 3.8) is 0 Å². The van der Waals surface area contributed by atoms with Crippen molar-refractivity contribution in [3.8, 4) is 0 Å². The highest BCUT2D eigenvalue weighted by Gasteiger charge is 2.49. The second-order valence-electron chi connectivity index (χ2n) is 8.35. The molecular weight excluding hydrogens is 411 g/mol. The van der Waals surface area contributed by atoms with Gasteiger partial charge in [0.1, 0.15) is 11.9 Å². The first kappa shape index (κ1) is 20.4. The van der Waals surface area contributed by atoms with Crippen molar-refractivity contribution in [1.82, 2.24) is 10.2 Å². The molecule has 2 aliphatic rings. The number of piperazine rings is 1. The molecule has 1 N–H and O–H groups in total. The number of nitrogens with one attached hydrogen (secondary N) is 1. The lowest BCUT2D eigenvalue weighted by Gasteiger charge is -2.40. The molecule has 1 aliphatic carbocycles. The lowest BCUT2D eigenvalue weighted by atomic mass is 9.95. The topological polar surface area (TPSA) is 49.4 Å². The molecule has 29 heavy (non-hydrogen) atoms. The van der Waals surface area contributed by atoms with Crippen molar-refractivity contribution < 1.29 is 14.0 Å². The van der Waals surface area contributed by atoms with E-state index in [2.05, 4.69) is 19.2 Å². The van der Waals surface area contributed by atoms with E-state index >= 15 is 0 Å². The molecule has 4 unspecified atom stereocenters. The number of hydrogen-bond donors (Lipinski definition) is 1. The van der Waals surface area contributed by atoms with Gasteiger partial charge in [-0.25, -0.2) is 4.39 Å². The fraction of sp³-hybridized carbons (Fsp3) is 0.455. The first-order valence-electron chi connectivity index (χ1n) is 9.94. The molecule has 1 aromatic carbocycles. The normalized spacial score (nSPS) is 26.5. The van der Waals surface area contributed by atoms with Gasteiger partial charge in [0.2, 0.25) is 11.8 Å². The summed E-state index contributed by atoms with van der Waals surface area (Å²) in [6.07, 6.45) is 1.36. The number of hydrogen-bond acceptors (Lipinski definition) is 3. The maximum Gasteiger partial charge on any atom is 0.243 e. The van der Waals surface area contributed by atoms with Gasteiger partial charge in [-0.05, 0) is 53.8 Å². The molecule has 154 valence electrons. The smallest absolute Gasteiger partial charge is 0.243 e. The van der Waals surface area contributed by atoms with Crippen LogP contribution >= 0.6 is 22.9 Å². The molecular formula is C22H24ClFN2O2S. The Kier molecular flexibility index (Phi) is 5.67. The quantitative estimate of drug-likeness (QED) is 0.737. The van der Waals surface area contributed by atoms with Gasteiger partial charge in [-0.3, -0.25) is 9.59 Å². The van der Waals surface area contributed by atoms with Gasteiger partial charge < -0.3 is 10.2 Å². The third-order valence-corrected chi connectivity index (χ3v) is 6.98. The van der Waals surface area contributed by atoms with Gasteiger partial charge in [-0.2, -0.15) is 0 Å². The maximum absolute atomic E-state index is 13.4. The summed E-state index contributed by atoms with van der Waals surface area (Å²) in [4.78, 5) is 28.1. The van der Waals surface area contributed by atoms with Crippen LogP contribution in [0.3, 0.4) is 0 Å². The van der Waals surface area contributed by atoms with Crippen LogP contribution in [0.25, 0.3) is 0 Å². The summed E-state index contributed by atoms with van der Waals surface area (Å²) in [6, 6.07) is 7.49. The highest BCUT2D eigenvalue weighted by molar-refractivity contribution is 7.14. The number of nitrogens with zero attached hydrogens (tertiary/aromatic N) is 1. The number of rotatable bonds is 5. The Morgan fingerprint density at radius 3 is 2.66 bits per heavy atom. The zero-order valence-electron chi connectivity index (χ0n) is 16.4. The van der Waals surface area contributed by atoms with Crippen molar-refractivity contribution in [2.45, 2.75) is 44.7 Å². The monoisotopic (exact) mass is 434 g/mol. The van der Waals surface area contributed by atoms with Crippen molar-refractivity contribution >= 4 is 34.8 Å². The fourth-order valence-corrected chi connectivity index (χ4v) is 5.22. The van der Waals surface area contributed by atoms with E-state index in [1.54, 1.807) is 17.0 Å². The summed E-state index contributed by atoms with van der Waals surface area (Å²) >= 11 is 7.71. The highest BCUT2D eigenvalue weighted by Crippen LogP contribution is 2.49. The minimum absolute atomic E-state index is 0.0103. The van der Waals surface area contributed by atoms with E-state index in [4.69, 9.17) is 11.6 Å². The predicted molar refractivity (Wildman–Crippen MR) is 112 cm³/mol. The van der Waals surface area contributed by atoms with Crippen LogP contribution in [-0.2, 0) is 9.59 Å². The number of thiophene rings is 1. The Morgan fingerprint density at radius 2 is 2.03 bits per heavy atom. The van der Waals surface area contributed by atoms with E-state index < -0.39 is 6.04 Å². The number of halogens is 2. The standard InChI is InChI=1S/C22H24ClFN2O2S/c1-12(2)9-19-21(27)25-18(15-7-8-29-20(15)23)11-26(19)22(28)17-10-16(17)13-3-5-14(24)6-4-13/h3-8,12,16-19H,9-11H2,1-2H3,(H,25,27). The molecule has 2 amide bonds. The van der Waals surface area contributed by atoms with Gasteiger partial charge in [0.05, 0.1) is 10.4 Å². The van der Waals surface area contributed by atoms with Gasteiger partial charge in [0.15, 0.2) is 0 Å². The van der Waals surface area contributed by atoms with Crippen LogP contribution in [0.1, 0.15) is 49.8 Å². The van der Waals surface area contributed by atoms with Crippen LogP contribution < -0.4 is 5.32 Å². The third-order valence-electron chi connectivity index (χ3n) is 5.78. The van der Waals surface area contributed by atoms with Crippen molar-refractivity contribution in [2.75, 3.05) is 6.54 Å². The Labute approximate surface area is 179 Å². The van der Waals surface area contributed by atoms with Crippen molar-refractivity contribution in [3.05, 3.63) is 57.0 Å². The molecule has 0 radical (unpaired) electrons. The molecule has 2 aromatic rings. The summed E-state index contributed by atoms with van der Waals surface area (Å²) in [6.45, 7) is 4.53. The minimum atomic E-state index is -0.467. The lowest BCUT2D eigenvalue weighted by molar-refractivity contribution is -0.146. The average Bonchev–Trinajstić information content (AvgIpc) is 3.36. The molecule has 4 rings (SSSR count). The van der Waals surface area contributed by atoms with Gasteiger partial charge >= 0.3 is 0 Å². The van der Waals surface area contributed by atoms with Crippen LogP contribution in [0.15, 0.2) is 35.7 Å². The van der Waals surface area contributed by atoms with Crippen LogP contribution in [0, 0.1) is 17.7 Å². The van der Waals surface area contributed by atoms with Crippen LogP contribution in [0.4, 0.5) is 4.39 Å². The number of carbonyl (C=O) groups excluding carboxylic acids is 2. The summed E-state index contributed by atoms with van der Waals surface area (Å²) in [5.74, 6) is -0.164. The number of amides is 2. The zero-order valence-corrected chi connectivity index (χ0v) is 18.0. The zero-order chi connectivity index (χ0) is 20.7. The molecule has 0 spiro atoms. The SMILES string of the molecule is CC(C)CC1C(=O)NC(c2ccsc2Cl)CN1C(=O)C1CC1c1ccc(F)cc1. The van der Waals surface area contributed by atoms with Gasteiger partial charge in [0.25, 0.3) is 0 Å². The molecule has 4 nitrogen and oxygen atoms in total. The van der Waals surface area contributed by atoms with Crippen molar-refractivity contribution in [2.24, 2.45) is 11.8 Å². The van der Waals surface area contributed by atoms with E-state index in [1.165, 1.54) is 23.5 Å². The molecule has 1 aliphatic heterocycles. The maximum atomic E-state index is 13.4. The minimum Gasteiger partial charge on any atom is -0.346 e. The summed E-state index contributed by atoms with van der Waals surface area (Å²) in [5.41, 5.74) is 1.83. The lowest BCUT2D eigenvalue weighted by Crippen LogP contribution is -2.59. The Hall–Kier alpha value is -1.92. The third kappa shape index (κ3) is 4.19. The van der Waals surface area contributed by atoms with E-state index in [-0.39, 0.29) is 41.4 Å². The molecule has 7 heteroatoms. The van der Waals surface area contributed by atoms with Crippen LogP contribution in [-0.4, -0.2) is 29.3 Å². The molecule has 2 fully saturated rings. The van der Waals surface area contributed by atoms with Gasteiger partial charge in [-0.1, -0.05) is 37.6 Å². The summed E-state index contributed by atoms with van der Waals surface area (Å²) < 4.78 is 13.9. The molecule has 1 saturated heterocycles. The molecule has 1 saturated carbocycles. The molecule has 2 heterocycles. The first-order chi connectivity index (χ1) is 13.8. The van der Waals surface area contributed by atoms with Gasteiger partial charge in [0, 0.05) is 18.0 Å². The van der Waals surface area contributed by atoms with E-state index in [9.17, 15) is 14.0 Å². The van der Waals surface area contributed by atoms with E-state index in [0.717, 1.165) is 17.5 Å². The van der Waals surface area contributed by atoms with E-state index in [0.29, 0.717) is 17.3 Å². The Bertz CT molecular complexity index is 914. The van der Waals surface area contributed by atoms with Crippen LogP contribution in [0.2, 0.25) is 4.34 Å². The van der Waals surface area contributed by atoms with Gasteiger partial charge in [-0.15, -0.1) is 11.3 Å². The Morgan fingerprint density at radius 1 is 1.31 bits per heavy atom. The Balaban J connectivity index is 1.55. The largest absolute Gasteiger partial charge is 0.346 e. The average molecular weight is 435 g/mol. The second-order valence-corrected chi connectivity index (χ2v) is 9.87. The van der Waals surface area contributed by atoms with E-state index in [1.807, 2.05) is 11.4 Å². The summed E-state index contributed by atoms with van der Waals surface area (Å²) in [7, 11) is 0. The highest BCUT2D eigenvalue weighted by atomic mass is 35.5.